The van der Waals surface area contributed by atoms with E-state index in [0.717, 1.165) is 6.07 Å². The lowest BCUT2D eigenvalue weighted by atomic mass is 9.75. The first-order valence-electron chi connectivity index (χ1n) is 5.85. The topological polar surface area (TPSA) is 72.3 Å². The number of aliphatic hydroxyl groups is 1. The minimum Gasteiger partial charge on any atom is -0.398 e. The highest BCUT2D eigenvalue weighted by Crippen LogP contribution is 2.40. The number of benzene rings is 1. The zero-order chi connectivity index (χ0) is 15.0. The second kappa shape index (κ2) is 5.02. The summed E-state index contributed by atoms with van der Waals surface area (Å²) in [6.45, 7) is 5.41. The Labute approximate surface area is 110 Å². The van der Waals surface area contributed by atoms with Crippen LogP contribution in [0.3, 0.4) is 0 Å². The van der Waals surface area contributed by atoms with E-state index in [1.165, 1.54) is 12.1 Å². The van der Waals surface area contributed by atoms with Gasteiger partial charge >= 0.3 is 6.18 Å². The molecular weight excluding hydrogens is 257 g/mol. The Morgan fingerprint density at radius 2 is 1.68 bits per heavy atom. The van der Waals surface area contributed by atoms with Crippen molar-refractivity contribution < 1.29 is 18.3 Å². The van der Waals surface area contributed by atoms with Crippen LogP contribution in [0, 0.1) is 5.41 Å². The first-order chi connectivity index (χ1) is 8.44. The van der Waals surface area contributed by atoms with E-state index in [4.69, 9.17) is 11.5 Å². The molecule has 19 heavy (non-hydrogen) atoms. The van der Waals surface area contributed by atoms with Gasteiger partial charge in [-0.2, -0.15) is 13.2 Å². The van der Waals surface area contributed by atoms with E-state index < -0.39 is 29.3 Å². The van der Waals surface area contributed by atoms with Crippen LogP contribution in [0.2, 0.25) is 0 Å². The van der Waals surface area contributed by atoms with E-state index in [2.05, 4.69) is 0 Å². The lowest BCUT2D eigenvalue weighted by Gasteiger charge is -2.33. The van der Waals surface area contributed by atoms with Gasteiger partial charge in [0.05, 0.1) is 5.56 Å². The summed E-state index contributed by atoms with van der Waals surface area (Å²) in [6, 6.07) is 3.62. The van der Waals surface area contributed by atoms with Gasteiger partial charge in [-0.3, -0.25) is 0 Å². The van der Waals surface area contributed by atoms with E-state index in [1.54, 1.807) is 20.8 Å². The standard InChI is InChI=1S/C13H19F3N2O/c1-12(2,3)10(11(18)19)7-4-5-9(17)8(6-7)13(14,15)16/h4-6,10-11,19H,17-18H2,1-3H3. The molecule has 0 fully saturated rings. The van der Waals surface area contributed by atoms with E-state index >= 15 is 0 Å². The van der Waals surface area contributed by atoms with E-state index in [9.17, 15) is 18.3 Å². The summed E-state index contributed by atoms with van der Waals surface area (Å²) in [6.07, 6.45) is -5.77. The van der Waals surface area contributed by atoms with Gasteiger partial charge in [-0.05, 0) is 23.1 Å². The molecule has 0 radical (unpaired) electrons. The minimum absolute atomic E-state index is 0.323. The van der Waals surface area contributed by atoms with Gasteiger partial charge in [-0.1, -0.05) is 26.8 Å². The van der Waals surface area contributed by atoms with Gasteiger partial charge in [0.15, 0.2) is 0 Å². The molecule has 1 aromatic carbocycles. The maximum absolute atomic E-state index is 12.8. The summed E-state index contributed by atoms with van der Waals surface area (Å²) in [5.41, 5.74) is 9.45. The number of halogens is 3. The fourth-order valence-electron chi connectivity index (χ4n) is 2.22. The molecule has 2 atom stereocenters. The van der Waals surface area contributed by atoms with E-state index in [0.29, 0.717) is 5.56 Å². The molecule has 5 N–H and O–H groups in total. The van der Waals surface area contributed by atoms with Crippen molar-refractivity contribution in [1.29, 1.82) is 0 Å². The average Bonchev–Trinajstić information content (AvgIpc) is 2.16. The summed E-state index contributed by atoms with van der Waals surface area (Å²) in [4.78, 5) is 0. The molecule has 2 unspecified atom stereocenters. The van der Waals surface area contributed by atoms with Crippen molar-refractivity contribution in [2.75, 3.05) is 5.73 Å². The Morgan fingerprint density at radius 3 is 2.05 bits per heavy atom. The molecule has 0 aliphatic rings. The fraction of sp³-hybridized carbons (Fsp3) is 0.538. The molecule has 0 aliphatic carbocycles. The number of alkyl halides is 3. The van der Waals surface area contributed by atoms with Gasteiger partial charge in [-0.25, -0.2) is 0 Å². The molecule has 0 heterocycles. The number of hydrogen-bond acceptors (Lipinski definition) is 3. The molecule has 0 aliphatic heterocycles. The normalized spacial score (nSPS) is 16.2. The molecule has 1 aromatic rings. The summed E-state index contributed by atoms with van der Waals surface area (Å²) in [5, 5.41) is 9.63. The van der Waals surface area contributed by atoms with Crippen LogP contribution in [0.1, 0.15) is 37.8 Å². The predicted octanol–water partition coefficient (Wildman–Crippen LogP) is 2.69. The first kappa shape index (κ1) is 15.8. The lowest BCUT2D eigenvalue weighted by molar-refractivity contribution is -0.137. The summed E-state index contributed by atoms with van der Waals surface area (Å²) >= 11 is 0. The SMILES string of the molecule is CC(C)(C)C(c1ccc(N)c(C(F)(F)F)c1)C(N)O. The van der Waals surface area contributed by atoms with Gasteiger partial charge in [0, 0.05) is 11.6 Å². The van der Waals surface area contributed by atoms with Gasteiger partial charge in [0.25, 0.3) is 0 Å². The molecule has 108 valence electrons. The molecule has 0 aromatic heterocycles. The van der Waals surface area contributed by atoms with Gasteiger partial charge in [0.1, 0.15) is 6.23 Å². The first-order valence-corrected chi connectivity index (χ1v) is 5.85. The minimum atomic E-state index is -4.53. The van der Waals surface area contributed by atoms with Crippen molar-refractivity contribution in [3.63, 3.8) is 0 Å². The highest BCUT2D eigenvalue weighted by atomic mass is 19.4. The number of nitrogens with two attached hydrogens (primary N) is 2. The maximum Gasteiger partial charge on any atom is 0.418 e. The van der Waals surface area contributed by atoms with Gasteiger partial charge in [0.2, 0.25) is 0 Å². The lowest BCUT2D eigenvalue weighted by Crippen LogP contribution is -2.36. The highest BCUT2D eigenvalue weighted by Gasteiger charge is 2.36. The number of rotatable bonds is 2. The monoisotopic (exact) mass is 276 g/mol. The molecule has 6 heteroatoms. The van der Waals surface area contributed by atoms with Crippen LogP contribution in [0.5, 0.6) is 0 Å². The Balaban J connectivity index is 3.35. The van der Waals surface area contributed by atoms with E-state index in [-0.39, 0.29) is 5.69 Å². The fourth-order valence-corrected chi connectivity index (χ4v) is 2.22. The average molecular weight is 276 g/mol. The summed E-state index contributed by atoms with van der Waals surface area (Å²) in [7, 11) is 0. The zero-order valence-electron chi connectivity index (χ0n) is 11.1. The highest BCUT2D eigenvalue weighted by molar-refractivity contribution is 5.51. The Hall–Kier alpha value is -1.27. The van der Waals surface area contributed by atoms with Crippen LogP contribution in [-0.2, 0) is 6.18 Å². The molecular formula is C13H19F3N2O. The molecule has 3 nitrogen and oxygen atoms in total. The molecule has 0 saturated carbocycles. The number of anilines is 1. The second-order valence-corrected chi connectivity index (χ2v) is 5.68. The molecule has 0 bridgehead atoms. The number of nitrogen functional groups attached to an aromatic ring is 1. The smallest absolute Gasteiger partial charge is 0.398 e. The Kier molecular flexibility index (Phi) is 4.17. The van der Waals surface area contributed by atoms with Crippen LogP contribution in [-0.4, -0.2) is 11.3 Å². The van der Waals surface area contributed by atoms with Gasteiger partial charge in [-0.15, -0.1) is 0 Å². The quantitative estimate of drug-likeness (QED) is 0.574. The van der Waals surface area contributed by atoms with Crippen molar-refractivity contribution in [2.24, 2.45) is 11.1 Å². The van der Waals surface area contributed by atoms with Crippen molar-refractivity contribution in [3.05, 3.63) is 29.3 Å². The van der Waals surface area contributed by atoms with Crippen molar-refractivity contribution in [1.82, 2.24) is 0 Å². The Bertz CT molecular complexity index is 450. The Morgan fingerprint density at radius 1 is 1.16 bits per heavy atom. The van der Waals surface area contributed by atoms with Crippen molar-refractivity contribution >= 4 is 5.69 Å². The molecule has 1 rings (SSSR count). The van der Waals surface area contributed by atoms with Crippen molar-refractivity contribution in [2.45, 2.75) is 39.1 Å². The summed E-state index contributed by atoms with van der Waals surface area (Å²) < 4.78 is 38.4. The third kappa shape index (κ3) is 3.61. The van der Waals surface area contributed by atoms with Gasteiger partial charge < -0.3 is 16.6 Å². The van der Waals surface area contributed by atoms with E-state index in [1.807, 2.05) is 0 Å². The number of aliphatic hydroxyl groups excluding tert-OH is 1. The van der Waals surface area contributed by atoms with Crippen LogP contribution in [0.4, 0.5) is 18.9 Å². The van der Waals surface area contributed by atoms with Crippen molar-refractivity contribution in [3.8, 4) is 0 Å². The maximum atomic E-state index is 12.8. The van der Waals surface area contributed by atoms with Crippen LogP contribution < -0.4 is 11.5 Å². The predicted molar refractivity (Wildman–Crippen MR) is 68.2 cm³/mol. The second-order valence-electron chi connectivity index (χ2n) is 5.68. The molecule has 0 amide bonds. The molecule has 0 saturated heterocycles. The van der Waals surface area contributed by atoms with Crippen LogP contribution in [0.15, 0.2) is 18.2 Å². The molecule has 0 spiro atoms. The third-order valence-electron chi connectivity index (χ3n) is 3.02. The zero-order valence-corrected chi connectivity index (χ0v) is 11.1. The van der Waals surface area contributed by atoms with Crippen LogP contribution >= 0.6 is 0 Å². The number of hydrogen-bond donors (Lipinski definition) is 3. The largest absolute Gasteiger partial charge is 0.418 e. The summed E-state index contributed by atoms with van der Waals surface area (Å²) in [5.74, 6) is -0.616. The van der Waals surface area contributed by atoms with Crippen LogP contribution in [0.25, 0.3) is 0 Å². The third-order valence-corrected chi connectivity index (χ3v) is 3.02.